The molecular formula is C14H12N2O. The van der Waals surface area contributed by atoms with E-state index in [0.29, 0.717) is 6.54 Å². The van der Waals surface area contributed by atoms with Crippen LogP contribution in [-0.4, -0.2) is 4.98 Å². The quantitative estimate of drug-likeness (QED) is 0.740. The van der Waals surface area contributed by atoms with Crippen LogP contribution in [0.3, 0.4) is 0 Å². The molecule has 3 rings (SSSR count). The van der Waals surface area contributed by atoms with Gasteiger partial charge in [-0.15, -0.1) is 0 Å². The summed E-state index contributed by atoms with van der Waals surface area (Å²) in [5.74, 6) is 0.922. The van der Waals surface area contributed by atoms with Crippen LogP contribution in [-0.2, 0) is 6.54 Å². The lowest BCUT2D eigenvalue weighted by atomic mass is 10.2. The minimum absolute atomic E-state index is 0.682. The second-order valence-electron chi connectivity index (χ2n) is 3.81. The van der Waals surface area contributed by atoms with Crippen molar-refractivity contribution >= 4 is 16.6 Å². The normalized spacial score (nSPS) is 10.6. The van der Waals surface area contributed by atoms with Crippen molar-refractivity contribution in [2.75, 3.05) is 5.32 Å². The summed E-state index contributed by atoms with van der Waals surface area (Å²) in [6, 6.07) is 13.9. The van der Waals surface area contributed by atoms with E-state index in [2.05, 4.69) is 16.4 Å². The van der Waals surface area contributed by atoms with Gasteiger partial charge in [-0.1, -0.05) is 18.2 Å². The second-order valence-corrected chi connectivity index (χ2v) is 3.81. The molecule has 0 radical (unpaired) electrons. The van der Waals surface area contributed by atoms with E-state index < -0.39 is 0 Å². The first-order valence-electron chi connectivity index (χ1n) is 5.53. The molecule has 0 bridgehead atoms. The van der Waals surface area contributed by atoms with E-state index in [1.807, 2.05) is 42.6 Å². The molecule has 0 amide bonds. The highest BCUT2D eigenvalue weighted by Gasteiger charge is 2.01. The number of para-hydroxylation sites is 1. The molecule has 0 fully saturated rings. The number of rotatable bonds is 3. The van der Waals surface area contributed by atoms with Gasteiger partial charge in [0.2, 0.25) is 0 Å². The van der Waals surface area contributed by atoms with Crippen molar-refractivity contribution in [3.8, 4) is 0 Å². The lowest BCUT2D eigenvalue weighted by Gasteiger charge is -2.07. The molecule has 0 saturated carbocycles. The average Bonchev–Trinajstić information content (AvgIpc) is 2.89. The van der Waals surface area contributed by atoms with Crippen LogP contribution in [0, 0.1) is 0 Å². The van der Waals surface area contributed by atoms with Crippen molar-refractivity contribution in [2.45, 2.75) is 6.54 Å². The Morgan fingerprint density at radius 2 is 2.00 bits per heavy atom. The molecule has 1 aromatic carbocycles. The van der Waals surface area contributed by atoms with Gasteiger partial charge in [-0.25, -0.2) is 0 Å². The molecule has 1 N–H and O–H groups in total. The highest BCUT2D eigenvalue weighted by Crippen LogP contribution is 2.21. The number of hydrogen-bond donors (Lipinski definition) is 1. The maximum Gasteiger partial charge on any atom is 0.122 e. The van der Waals surface area contributed by atoms with Gasteiger partial charge >= 0.3 is 0 Å². The van der Waals surface area contributed by atoms with Crippen molar-refractivity contribution in [1.29, 1.82) is 0 Å². The van der Waals surface area contributed by atoms with Gasteiger partial charge in [0, 0.05) is 17.3 Å². The Bertz CT molecular complexity index is 612. The largest absolute Gasteiger partial charge is 0.467 e. The molecule has 84 valence electrons. The standard InChI is InChI=1S/C14H12N2O/c1-2-6-13-12(5-1)14(7-8-15-13)16-10-11-4-3-9-17-11/h1-9H,10H2,(H,15,16). The number of benzene rings is 1. The lowest BCUT2D eigenvalue weighted by molar-refractivity contribution is 0.518. The van der Waals surface area contributed by atoms with Crippen LogP contribution >= 0.6 is 0 Å². The minimum Gasteiger partial charge on any atom is -0.467 e. The Kier molecular flexibility index (Phi) is 2.50. The van der Waals surface area contributed by atoms with Crippen LogP contribution in [0.25, 0.3) is 10.9 Å². The van der Waals surface area contributed by atoms with Crippen LogP contribution in [0.2, 0.25) is 0 Å². The summed E-state index contributed by atoms with van der Waals surface area (Å²) in [4.78, 5) is 4.32. The Morgan fingerprint density at radius 1 is 1.06 bits per heavy atom. The fourth-order valence-corrected chi connectivity index (χ4v) is 1.85. The molecule has 3 aromatic rings. The van der Waals surface area contributed by atoms with E-state index >= 15 is 0 Å². The van der Waals surface area contributed by atoms with Gasteiger partial charge < -0.3 is 9.73 Å². The van der Waals surface area contributed by atoms with Gasteiger partial charge in [-0.05, 0) is 24.3 Å². The average molecular weight is 224 g/mol. The molecule has 2 heterocycles. The van der Waals surface area contributed by atoms with E-state index in [1.54, 1.807) is 6.26 Å². The molecule has 0 saturated heterocycles. The van der Waals surface area contributed by atoms with Crippen LogP contribution in [0.4, 0.5) is 5.69 Å². The second kappa shape index (κ2) is 4.29. The monoisotopic (exact) mass is 224 g/mol. The predicted octanol–water partition coefficient (Wildman–Crippen LogP) is 3.44. The summed E-state index contributed by atoms with van der Waals surface area (Å²) in [5.41, 5.74) is 2.07. The first-order valence-corrected chi connectivity index (χ1v) is 5.53. The molecular weight excluding hydrogens is 212 g/mol. The summed E-state index contributed by atoms with van der Waals surface area (Å²) in [5, 5.41) is 4.48. The van der Waals surface area contributed by atoms with Crippen LogP contribution < -0.4 is 5.32 Å². The Balaban J connectivity index is 1.90. The van der Waals surface area contributed by atoms with Gasteiger partial charge in [0.25, 0.3) is 0 Å². The smallest absolute Gasteiger partial charge is 0.122 e. The molecule has 0 aliphatic rings. The summed E-state index contributed by atoms with van der Waals surface area (Å²) >= 11 is 0. The zero-order valence-electron chi connectivity index (χ0n) is 9.26. The van der Waals surface area contributed by atoms with Gasteiger partial charge in [0.05, 0.1) is 18.3 Å². The highest BCUT2D eigenvalue weighted by molar-refractivity contribution is 5.90. The molecule has 17 heavy (non-hydrogen) atoms. The molecule has 3 heteroatoms. The van der Waals surface area contributed by atoms with Crippen molar-refractivity contribution in [1.82, 2.24) is 4.98 Å². The number of aromatic nitrogens is 1. The fourth-order valence-electron chi connectivity index (χ4n) is 1.85. The van der Waals surface area contributed by atoms with Gasteiger partial charge in [0.15, 0.2) is 0 Å². The molecule has 3 nitrogen and oxygen atoms in total. The third-order valence-corrected chi connectivity index (χ3v) is 2.68. The molecule has 2 aromatic heterocycles. The zero-order valence-corrected chi connectivity index (χ0v) is 9.26. The first-order chi connectivity index (χ1) is 8.43. The van der Waals surface area contributed by atoms with E-state index in [0.717, 1.165) is 22.4 Å². The van der Waals surface area contributed by atoms with E-state index in [9.17, 15) is 0 Å². The number of nitrogens with one attached hydrogen (secondary N) is 1. The lowest BCUT2D eigenvalue weighted by Crippen LogP contribution is -1.99. The molecule has 0 aliphatic heterocycles. The summed E-state index contributed by atoms with van der Waals surface area (Å²) in [6.07, 6.45) is 3.49. The van der Waals surface area contributed by atoms with E-state index in [-0.39, 0.29) is 0 Å². The number of anilines is 1. The number of hydrogen-bond acceptors (Lipinski definition) is 3. The number of furan rings is 1. The van der Waals surface area contributed by atoms with Crippen LogP contribution in [0.15, 0.2) is 59.3 Å². The number of pyridine rings is 1. The van der Waals surface area contributed by atoms with Crippen LogP contribution in [0.5, 0.6) is 0 Å². The molecule has 0 unspecified atom stereocenters. The maximum absolute atomic E-state index is 5.29. The van der Waals surface area contributed by atoms with E-state index in [4.69, 9.17) is 4.42 Å². The minimum atomic E-state index is 0.682. The zero-order chi connectivity index (χ0) is 11.5. The molecule has 0 aliphatic carbocycles. The fraction of sp³-hybridized carbons (Fsp3) is 0.0714. The Morgan fingerprint density at radius 3 is 2.88 bits per heavy atom. The molecule has 0 atom stereocenters. The topological polar surface area (TPSA) is 38.1 Å². The van der Waals surface area contributed by atoms with Gasteiger partial charge in [-0.2, -0.15) is 0 Å². The van der Waals surface area contributed by atoms with Gasteiger partial charge in [0.1, 0.15) is 5.76 Å². The first kappa shape index (κ1) is 9.90. The van der Waals surface area contributed by atoms with Crippen LogP contribution in [0.1, 0.15) is 5.76 Å². The maximum atomic E-state index is 5.29. The number of nitrogens with zero attached hydrogens (tertiary/aromatic N) is 1. The van der Waals surface area contributed by atoms with Crippen molar-refractivity contribution < 1.29 is 4.42 Å². The third-order valence-electron chi connectivity index (χ3n) is 2.68. The van der Waals surface area contributed by atoms with E-state index in [1.165, 1.54) is 0 Å². The third kappa shape index (κ3) is 1.99. The van der Waals surface area contributed by atoms with Gasteiger partial charge in [-0.3, -0.25) is 4.98 Å². The summed E-state index contributed by atoms with van der Waals surface area (Å²) in [6.45, 7) is 0.682. The predicted molar refractivity (Wildman–Crippen MR) is 67.8 cm³/mol. The highest BCUT2D eigenvalue weighted by atomic mass is 16.3. The Labute approximate surface area is 99.1 Å². The SMILES string of the molecule is c1coc(CNc2ccnc3ccccc23)c1. The summed E-state index contributed by atoms with van der Waals surface area (Å²) in [7, 11) is 0. The number of fused-ring (bicyclic) bond motifs is 1. The summed E-state index contributed by atoms with van der Waals surface area (Å²) < 4.78 is 5.29. The van der Waals surface area contributed by atoms with Crippen molar-refractivity contribution in [3.05, 3.63) is 60.7 Å². The Hall–Kier alpha value is -2.29. The van der Waals surface area contributed by atoms with Crippen molar-refractivity contribution in [2.24, 2.45) is 0 Å². The molecule has 0 spiro atoms. The van der Waals surface area contributed by atoms with Crippen molar-refractivity contribution in [3.63, 3.8) is 0 Å².